The van der Waals surface area contributed by atoms with Gasteiger partial charge >= 0.3 is 0 Å². The fourth-order valence-corrected chi connectivity index (χ4v) is 8.79. The molecule has 2 aliphatic rings. The maximum Gasteiger partial charge on any atom is 0.158 e. The third-order valence-electron chi connectivity index (χ3n) is 8.16. The number of anilines is 2. The van der Waals surface area contributed by atoms with Crippen molar-refractivity contribution in [1.82, 2.24) is 9.97 Å². The summed E-state index contributed by atoms with van der Waals surface area (Å²) in [5.74, 6) is 0.630. The number of piperidine rings is 1. The number of nitrogens with two attached hydrogens (primary N) is 2. The van der Waals surface area contributed by atoms with Crippen molar-refractivity contribution in [3.8, 4) is 0 Å². The molecule has 1 aromatic heterocycles. The molecule has 4 unspecified atom stereocenters. The summed E-state index contributed by atoms with van der Waals surface area (Å²) >= 11 is 6.16. The van der Waals surface area contributed by atoms with E-state index in [1.165, 1.54) is 29.6 Å². The average molecular weight is 637 g/mol. The zero-order chi connectivity index (χ0) is 29.7. The SMILES string of the molecule is CC(C)(CC1CC2(CCN1c1cnc(Sc3cccc(S(C)(=N)=O)c3Cl)c(N)n1)Cc1ccc(F)cc1C2)[S+](N)[O-]. The van der Waals surface area contributed by atoms with Crippen LogP contribution < -0.4 is 15.8 Å². The summed E-state index contributed by atoms with van der Waals surface area (Å²) in [7, 11) is -3.00. The van der Waals surface area contributed by atoms with Crippen LogP contribution in [0.3, 0.4) is 0 Å². The average Bonchev–Trinajstić information content (AvgIpc) is 3.21. The zero-order valence-corrected chi connectivity index (χ0v) is 26.4. The first-order valence-electron chi connectivity index (χ1n) is 13.2. The summed E-state index contributed by atoms with van der Waals surface area (Å²) in [4.78, 5) is 12.3. The summed E-state index contributed by atoms with van der Waals surface area (Å²) in [6.07, 6.45) is 6.97. The van der Waals surface area contributed by atoms with Gasteiger partial charge in [-0.1, -0.05) is 35.5 Å². The molecule has 0 amide bonds. The normalized spacial score (nSPS) is 22.9. The van der Waals surface area contributed by atoms with Crippen LogP contribution in [0.4, 0.5) is 16.0 Å². The molecule has 3 aromatic rings. The second-order valence-corrected chi connectivity index (χ2v) is 17.0. The number of fused-ring (bicyclic) bond motifs is 1. The van der Waals surface area contributed by atoms with E-state index in [1.807, 2.05) is 19.9 Å². The molecule has 8 nitrogen and oxygen atoms in total. The first kappa shape index (κ1) is 30.4. The molecule has 1 aliphatic carbocycles. The van der Waals surface area contributed by atoms with Crippen LogP contribution in [0.25, 0.3) is 0 Å². The molecule has 2 aromatic carbocycles. The monoisotopic (exact) mass is 636 g/mol. The second kappa shape index (κ2) is 11.2. The first-order chi connectivity index (χ1) is 19.2. The van der Waals surface area contributed by atoms with E-state index in [1.54, 1.807) is 30.5 Å². The number of halogens is 2. The van der Waals surface area contributed by atoms with Gasteiger partial charge in [0.15, 0.2) is 5.82 Å². The number of rotatable bonds is 7. The zero-order valence-electron chi connectivity index (χ0n) is 23.2. The molecule has 13 heteroatoms. The van der Waals surface area contributed by atoms with Gasteiger partial charge in [-0.2, -0.15) is 5.14 Å². The van der Waals surface area contributed by atoms with E-state index < -0.39 is 25.8 Å². The molecule has 1 saturated heterocycles. The lowest BCUT2D eigenvalue weighted by atomic mass is 9.71. The molecule has 5 rings (SSSR count). The summed E-state index contributed by atoms with van der Waals surface area (Å²) in [5, 5.41) is 6.57. The molecule has 2 heterocycles. The predicted molar refractivity (Wildman–Crippen MR) is 165 cm³/mol. The Bertz CT molecular complexity index is 1590. The maximum atomic E-state index is 14.0. The lowest BCUT2D eigenvalue weighted by Crippen LogP contribution is -2.52. The van der Waals surface area contributed by atoms with E-state index in [-0.39, 0.29) is 33.0 Å². The molecule has 0 saturated carbocycles. The highest BCUT2D eigenvalue weighted by Crippen LogP contribution is 2.49. The van der Waals surface area contributed by atoms with Gasteiger partial charge in [-0.25, -0.2) is 23.3 Å². The van der Waals surface area contributed by atoms with E-state index in [0.29, 0.717) is 28.7 Å². The Morgan fingerprint density at radius 1 is 1.32 bits per heavy atom. The Hall–Kier alpha value is -2.09. The Kier molecular flexibility index (Phi) is 8.30. The van der Waals surface area contributed by atoms with Crippen LogP contribution in [0.15, 0.2) is 57.4 Å². The third-order valence-corrected chi connectivity index (χ3v) is 12.3. The number of benzene rings is 2. The molecular weight excluding hydrogens is 603 g/mol. The van der Waals surface area contributed by atoms with Gasteiger partial charge in [0.05, 0.1) is 25.8 Å². The minimum atomic E-state index is -3.00. The molecule has 0 radical (unpaired) electrons. The summed E-state index contributed by atoms with van der Waals surface area (Å²) in [5.41, 5.74) is 8.64. The van der Waals surface area contributed by atoms with Gasteiger partial charge in [-0.3, -0.25) is 0 Å². The van der Waals surface area contributed by atoms with Gasteiger partial charge < -0.3 is 15.2 Å². The summed E-state index contributed by atoms with van der Waals surface area (Å²) in [6, 6.07) is 10.1. The number of aromatic nitrogens is 2. The standard InChI is InChI=1S/C28H34ClFN6O2S3/c1-27(2,40(32)37)14-20-15-28(12-17-7-8-19(30)11-18(17)13-28)9-10-36(20)23-16-34-26(25(31)35-23)39-21-5-4-6-22(24(21)29)41(3,33)38/h4-8,11,16,20,33H,9-10,12-15,32H2,1-3H3,(H2,31,35). The second-order valence-electron chi connectivity index (χ2n) is 11.8. The van der Waals surface area contributed by atoms with Crippen LogP contribution in [-0.4, -0.2) is 42.3 Å². The minimum absolute atomic E-state index is 0.0180. The van der Waals surface area contributed by atoms with Crippen molar-refractivity contribution in [2.45, 2.75) is 71.6 Å². The van der Waals surface area contributed by atoms with E-state index in [9.17, 15) is 13.2 Å². The number of hydrogen-bond donors (Lipinski definition) is 3. The molecule has 220 valence electrons. The van der Waals surface area contributed by atoms with Gasteiger partial charge in [0.1, 0.15) is 21.4 Å². The topological polar surface area (TPSA) is 145 Å². The number of nitrogen functional groups attached to an aromatic ring is 1. The molecule has 0 bridgehead atoms. The fraction of sp³-hybridized carbons (Fsp3) is 0.429. The van der Waals surface area contributed by atoms with Crippen molar-refractivity contribution in [1.29, 1.82) is 4.78 Å². The van der Waals surface area contributed by atoms with E-state index >= 15 is 0 Å². The van der Waals surface area contributed by atoms with Crippen molar-refractivity contribution in [2.24, 2.45) is 10.6 Å². The third kappa shape index (κ3) is 6.33. The highest BCUT2D eigenvalue weighted by atomic mass is 35.5. The van der Waals surface area contributed by atoms with Crippen molar-refractivity contribution < 1.29 is 13.2 Å². The molecule has 1 aliphatic heterocycles. The van der Waals surface area contributed by atoms with Crippen molar-refractivity contribution in [3.63, 3.8) is 0 Å². The largest absolute Gasteiger partial charge is 0.598 e. The Labute approximate surface area is 253 Å². The lowest BCUT2D eigenvalue weighted by Gasteiger charge is -2.47. The van der Waals surface area contributed by atoms with Crippen molar-refractivity contribution in [3.05, 3.63) is 64.6 Å². The summed E-state index contributed by atoms with van der Waals surface area (Å²) in [6.45, 7) is 4.51. The van der Waals surface area contributed by atoms with Crippen LogP contribution in [0.2, 0.25) is 5.02 Å². The number of hydrogen-bond acceptors (Lipinski definition) is 9. The highest BCUT2D eigenvalue weighted by molar-refractivity contribution is 7.99. The summed E-state index contributed by atoms with van der Waals surface area (Å²) < 4.78 is 46.0. The van der Waals surface area contributed by atoms with Gasteiger partial charge in [-0.15, -0.1) is 0 Å². The Morgan fingerprint density at radius 3 is 2.73 bits per heavy atom. The quantitative estimate of drug-likeness (QED) is 0.285. The smallest absolute Gasteiger partial charge is 0.158 e. The van der Waals surface area contributed by atoms with Crippen LogP contribution in [-0.2, 0) is 33.9 Å². The van der Waals surface area contributed by atoms with Crippen LogP contribution in [0.5, 0.6) is 0 Å². The Balaban J connectivity index is 1.42. The minimum Gasteiger partial charge on any atom is -0.598 e. The van der Waals surface area contributed by atoms with E-state index in [0.717, 1.165) is 31.2 Å². The highest BCUT2D eigenvalue weighted by Gasteiger charge is 2.47. The number of nitrogens with one attached hydrogen (secondary N) is 1. The Morgan fingerprint density at radius 2 is 2.05 bits per heavy atom. The first-order valence-corrected chi connectivity index (χ1v) is 17.6. The van der Waals surface area contributed by atoms with Gasteiger partial charge in [0, 0.05) is 41.5 Å². The van der Waals surface area contributed by atoms with Gasteiger partial charge in [0.25, 0.3) is 0 Å². The van der Waals surface area contributed by atoms with E-state index in [4.69, 9.17) is 32.2 Å². The molecule has 1 spiro atoms. The molecule has 1 fully saturated rings. The lowest BCUT2D eigenvalue weighted by molar-refractivity contribution is 0.186. The van der Waals surface area contributed by atoms with Crippen LogP contribution >= 0.6 is 23.4 Å². The maximum absolute atomic E-state index is 14.0. The van der Waals surface area contributed by atoms with Crippen molar-refractivity contribution in [2.75, 3.05) is 23.4 Å². The van der Waals surface area contributed by atoms with E-state index in [2.05, 4.69) is 9.88 Å². The number of nitrogens with zero attached hydrogens (tertiary/aromatic N) is 3. The van der Waals surface area contributed by atoms with Crippen molar-refractivity contribution >= 4 is 56.1 Å². The fourth-order valence-electron chi connectivity index (χ4n) is 6.08. The van der Waals surface area contributed by atoms with Gasteiger partial charge in [0.2, 0.25) is 0 Å². The van der Waals surface area contributed by atoms with Crippen LogP contribution in [0, 0.1) is 16.0 Å². The molecular formula is C28H34ClFN6O2S3. The predicted octanol–water partition coefficient (Wildman–Crippen LogP) is 5.58. The van der Waals surface area contributed by atoms with Gasteiger partial charge in [-0.05, 0) is 80.3 Å². The molecule has 5 N–H and O–H groups in total. The molecule has 4 atom stereocenters. The molecule has 41 heavy (non-hydrogen) atoms. The van der Waals surface area contributed by atoms with Crippen LogP contribution in [0.1, 0.15) is 44.2 Å².